The summed E-state index contributed by atoms with van der Waals surface area (Å²) in [6.45, 7) is 0. The van der Waals surface area contributed by atoms with E-state index in [4.69, 9.17) is 17.3 Å². The number of halogens is 1. The molecule has 5 heteroatoms. The van der Waals surface area contributed by atoms with Crippen molar-refractivity contribution in [3.05, 3.63) is 34.6 Å². The van der Waals surface area contributed by atoms with E-state index < -0.39 is 0 Å². The summed E-state index contributed by atoms with van der Waals surface area (Å²) in [5, 5.41) is 0.549. The Hall–Kier alpha value is -1.68. The quantitative estimate of drug-likeness (QED) is 0.856. The molecule has 0 aromatic carbocycles. The Labute approximate surface area is 110 Å². The van der Waals surface area contributed by atoms with Gasteiger partial charge in [-0.2, -0.15) is 0 Å². The first kappa shape index (κ1) is 11.4. The SMILES string of the molecule is Nc1nc(-c2ncccc2Cl)nc2c1CCCC2. The van der Waals surface area contributed by atoms with Crippen LogP contribution in [0.3, 0.4) is 0 Å². The Morgan fingerprint density at radius 2 is 2.00 bits per heavy atom. The maximum atomic E-state index is 6.11. The van der Waals surface area contributed by atoms with Gasteiger partial charge < -0.3 is 5.73 Å². The van der Waals surface area contributed by atoms with Crippen molar-refractivity contribution in [2.24, 2.45) is 0 Å². The number of hydrogen-bond acceptors (Lipinski definition) is 4. The van der Waals surface area contributed by atoms with Gasteiger partial charge in [0.15, 0.2) is 5.82 Å². The van der Waals surface area contributed by atoms with Gasteiger partial charge in [-0.15, -0.1) is 0 Å². The molecule has 0 aliphatic heterocycles. The number of fused-ring (bicyclic) bond motifs is 1. The largest absolute Gasteiger partial charge is 0.383 e. The fourth-order valence-electron chi connectivity index (χ4n) is 2.28. The molecule has 0 amide bonds. The van der Waals surface area contributed by atoms with Crippen LogP contribution in [0.25, 0.3) is 11.5 Å². The fourth-order valence-corrected chi connectivity index (χ4v) is 2.49. The van der Waals surface area contributed by atoms with Crippen molar-refractivity contribution in [2.75, 3.05) is 5.73 Å². The molecule has 4 nitrogen and oxygen atoms in total. The predicted octanol–water partition coefficient (Wildman–Crippen LogP) is 2.65. The number of aromatic nitrogens is 3. The Morgan fingerprint density at radius 3 is 2.83 bits per heavy atom. The zero-order chi connectivity index (χ0) is 12.5. The summed E-state index contributed by atoms with van der Waals surface area (Å²) in [5.41, 5.74) is 8.75. The second-order valence-corrected chi connectivity index (χ2v) is 4.81. The molecule has 0 saturated heterocycles. The summed E-state index contributed by atoms with van der Waals surface area (Å²) in [6, 6.07) is 3.57. The normalized spacial score (nSPS) is 14.3. The lowest BCUT2D eigenvalue weighted by atomic mass is 9.96. The van der Waals surface area contributed by atoms with Gasteiger partial charge >= 0.3 is 0 Å². The number of nitrogens with zero attached hydrogens (tertiary/aromatic N) is 3. The number of rotatable bonds is 1. The maximum absolute atomic E-state index is 6.11. The molecule has 0 radical (unpaired) electrons. The van der Waals surface area contributed by atoms with Crippen LogP contribution in [-0.4, -0.2) is 15.0 Å². The highest BCUT2D eigenvalue weighted by Crippen LogP contribution is 2.28. The summed E-state index contributed by atoms with van der Waals surface area (Å²) >= 11 is 6.11. The van der Waals surface area contributed by atoms with Crippen molar-refractivity contribution >= 4 is 17.4 Å². The molecule has 2 N–H and O–H groups in total. The third kappa shape index (κ3) is 1.93. The molecule has 1 aliphatic carbocycles. The lowest BCUT2D eigenvalue weighted by Crippen LogP contribution is -2.12. The number of nitrogens with two attached hydrogens (primary N) is 1. The van der Waals surface area contributed by atoms with Crippen LogP contribution in [0.5, 0.6) is 0 Å². The first-order valence-electron chi connectivity index (χ1n) is 6.02. The molecule has 92 valence electrons. The van der Waals surface area contributed by atoms with Gasteiger partial charge in [0.1, 0.15) is 11.5 Å². The summed E-state index contributed by atoms with van der Waals surface area (Å²) in [6.07, 6.45) is 5.92. The van der Waals surface area contributed by atoms with Gasteiger partial charge in [0.05, 0.1) is 5.02 Å². The Balaban J connectivity index is 2.14. The zero-order valence-corrected chi connectivity index (χ0v) is 10.6. The van der Waals surface area contributed by atoms with Crippen molar-refractivity contribution in [3.8, 4) is 11.5 Å². The number of aryl methyl sites for hydroxylation is 1. The number of anilines is 1. The second-order valence-electron chi connectivity index (χ2n) is 4.40. The highest BCUT2D eigenvalue weighted by molar-refractivity contribution is 6.32. The van der Waals surface area contributed by atoms with Gasteiger partial charge in [-0.05, 0) is 37.8 Å². The molecule has 18 heavy (non-hydrogen) atoms. The van der Waals surface area contributed by atoms with E-state index in [-0.39, 0.29) is 0 Å². The lowest BCUT2D eigenvalue weighted by Gasteiger charge is -2.17. The lowest BCUT2D eigenvalue weighted by molar-refractivity contribution is 0.665. The number of pyridine rings is 1. The topological polar surface area (TPSA) is 64.7 Å². The molecule has 0 fully saturated rings. The minimum absolute atomic E-state index is 0.527. The molecule has 2 aromatic heterocycles. The van der Waals surface area contributed by atoms with Gasteiger partial charge in [0, 0.05) is 17.5 Å². The van der Waals surface area contributed by atoms with Crippen molar-refractivity contribution in [1.82, 2.24) is 15.0 Å². The standard InChI is InChI=1S/C13H13ClN4/c14-9-5-3-7-16-11(9)13-17-10-6-2-1-4-8(10)12(15)18-13/h3,5,7H,1-2,4,6H2,(H2,15,17,18). The Morgan fingerprint density at radius 1 is 1.17 bits per heavy atom. The van der Waals surface area contributed by atoms with Gasteiger partial charge in [0.2, 0.25) is 0 Å². The van der Waals surface area contributed by atoms with E-state index in [0.717, 1.165) is 36.9 Å². The van der Waals surface area contributed by atoms with Crippen LogP contribution < -0.4 is 5.73 Å². The van der Waals surface area contributed by atoms with Gasteiger partial charge in [-0.1, -0.05) is 11.6 Å². The van der Waals surface area contributed by atoms with Crippen LogP contribution in [0.1, 0.15) is 24.1 Å². The highest BCUT2D eigenvalue weighted by Gasteiger charge is 2.18. The van der Waals surface area contributed by atoms with Crippen LogP contribution in [0.2, 0.25) is 5.02 Å². The van der Waals surface area contributed by atoms with E-state index in [9.17, 15) is 0 Å². The molecular formula is C13H13ClN4. The molecule has 0 bridgehead atoms. The minimum Gasteiger partial charge on any atom is -0.383 e. The van der Waals surface area contributed by atoms with E-state index in [1.54, 1.807) is 18.3 Å². The van der Waals surface area contributed by atoms with Crippen LogP contribution in [0, 0.1) is 0 Å². The summed E-state index contributed by atoms with van der Waals surface area (Å²) in [4.78, 5) is 13.1. The average Bonchev–Trinajstić information content (AvgIpc) is 2.39. The van der Waals surface area contributed by atoms with Gasteiger partial charge in [0.25, 0.3) is 0 Å². The van der Waals surface area contributed by atoms with Crippen LogP contribution >= 0.6 is 11.6 Å². The molecule has 0 saturated carbocycles. The molecular weight excluding hydrogens is 248 g/mol. The smallest absolute Gasteiger partial charge is 0.181 e. The van der Waals surface area contributed by atoms with Crippen LogP contribution in [0.4, 0.5) is 5.82 Å². The third-order valence-electron chi connectivity index (χ3n) is 3.19. The predicted molar refractivity (Wildman–Crippen MR) is 71.3 cm³/mol. The second kappa shape index (κ2) is 4.53. The van der Waals surface area contributed by atoms with Crippen LogP contribution in [0.15, 0.2) is 18.3 Å². The summed E-state index contributed by atoms with van der Waals surface area (Å²) in [5.74, 6) is 1.09. The van der Waals surface area contributed by atoms with E-state index >= 15 is 0 Å². The van der Waals surface area contributed by atoms with E-state index in [0.29, 0.717) is 22.4 Å². The molecule has 2 aromatic rings. The monoisotopic (exact) mass is 260 g/mol. The van der Waals surface area contributed by atoms with E-state index in [1.807, 2.05) is 0 Å². The molecule has 0 spiro atoms. The molecule has 2 heterocycles. The first-order valence-corrected chi connectivity index (χ1v) is 6.39. The van der Waals surface area contributed by atoms with Crippen molar-refractivity contribution in [1.29, 1.82) is 0 Å². The molecule has 3 rings (SSSR count). The Kier molecular flexibility index (Phi) is 2.88. The molecule has 0 atom stereocenters. The minimum atomic E-state index is 0.527. The zero-order valence-electron chi connectivity index (χ0n) is 9.86. The van der Waals surface area contributed by atoms with Crippen molar-refractivity contribution in [3.63, 3.8) is 0 Å². The van der Waals surface area contributed by atoms with Crippen molar-refractivity contribution < 1.29 is 0 Å². The maximum Gasteiger partial charge on any atom is 0.181 e. The summed E-state index contributed by atoms with van der Waals surface area (Å²) in [7, 11) is 0. The van der Waals surface area contributed by atoms with Crippen molar-refractivity contribution in [2.45, 2.75) is 25.7 Å². The van der Waals surface area contributed by atoms with Gasteiger partial charge in [-0.3, -0.25) is 4.98 Å². The van der Waals surface area contributed by atoms with E-state index in [2.05, 4.69) is 15.0 Å². The number of nitrogen functional groups attached to an aromatic ring is 1. The van der Waals surface area contributed by atoms with Gasteiger partial charge in [-0.25, -0.2) is 9.97 Å². The summed E-state index contributed by atoms with van der Waals surface area (Å²) < 4.78 is 0. The van der Waals surface area contributed by atoms with Crippen LogP contribution in [-0.2, 0) is 12.8 Å². The highest BCUT2D eigenvalue weighted by atomic mass is 35.5. The average molecular weight is 261 g/mol. The first-order chi connectivity index (χ1) is 8.75. The Bertz CT molecular complexity index is 598. The van der Waals surface area contributed by atoms with E-state index in [1.165, 1.54) is 0 Å². The number of hydrogen-bond donors (Lipinski definition) is 1. The fraction of sp³-hybridized carbons (Fsp3) is 0.308. The molecule has 0 unspecified atom stereocenters. The third-order valence-corrected chi connectivity index (χ3v) is 3.49. The molecule has 1 aliphatic rings.